The third-order valence-corrected chi connectivity index (χ3v) is 4.88. The molecule has 0 bridgehead atoms. The average Bonchev–Trinajstić information content (AvgIpc) is 3.19. The van der Waals surface area contributed by atoms with Gasteiger partial charge in [-0.05, 0) is 26.2 Å². The summed E-state index contributed by atoms with van der Waals surface area (Å²) in [6, 6.07) is 0.350. The van der Waals surface area contributed by atoms with Crippen molar-refractivity contribution < 1.29 is 9.53 Å². The number of carbonyl (C=O) groups excluding carboxylic acids is 1. The highest BCUT2D eigenvalue weighted by Crippen LogP contribution is 2.31. The summed E-state index contributed by atoms with van der Waals surface area (Å²) in [4.78, 5) is 19.0. The molecule has 1 aliphatic heterocycles. The number of hydrogen-bond acceptors (Lipinski definition) is 3. The highest BCUT2D eigenvalue weighted by atomic mass is 16.5. The molecule has 1 amide bonds. The number of imidazole rings is 1. The second-order valence-corrected chi connectivity index (χ2v) is 6.33. The maximum atomic E-state index is 12.5. The molecule has 2 fully saturated rings. The zero-order valence-corrected chi connectivity index (χ0v) is 13.0. The molecule has 1 saturated heterocycles. The van der Waals surface area contributed by atoms with Crippen LogP contribution >= 0.6 is 0 Å². The molecular formula is C16H25N3O2. The van der Waals surface area contributed by atoms with Crippen molar-refractivity contribution in [3.8, 4) is 0 Å². The van der Waals surface area contributed by atoms with E-state index in [1.54, 1.807) is 7.11 Å². The fourth-order valence-corrected chi connectivity index (χ4v) is 3.81. The third-order valence-electron chi connectivity index (χ3n) is 4.88. The predicted molar refractivity (Wildman–Crippen MR) is 79.9 cm³/mol. The van der Waals surface area contributed by atoms with E-state index in [-0.39, 0.29) is 5.92 Å². The van der Waals surface area contributed by atoms with Gasteiger partial charge < -0.3 is 14.2 Å². The molecule has 0 radical (unpaired) electrons. The van der Waals surface area contributed by atoms with Crippen LogP contribution in [-0.4, -0.2) is 40.6 Å². The zero-order chi connectivity index (χ0) is 14.8. The number of nitrogens with zero attached hydrogens (tertiary/aromatic N) is 3. The van der Waals surface area contributed by atoms with Crippen molar-refractivity contribution >= 4 is 5.91 Å². The first-order chi connectivity index (χ1) is 10.2. The van der Waals surface area contributed by atoms with Gasteiger partial charge in [0.05, 0.1) is 6.04 Å². The molecule has 2 heterocycles. The molecule has 5 nitrogen and oxygen atoms in total. The summed E-state index contributed by atoms with van der Waals surface area (Å²) in [5.74, 6) is 1.63. The number of rotatable bonds is 4. The van der Waals surface area contributed by atoms with E-state index in [9.17, 15) is 4.79 Å². The summed E-state index contributed by atoms with van der Waals surface area (Å²) in [5.41, 5.74) is 1.15. The molecule has 0 spiro atoms. The predicted octanol–water partition coefficient (Wildman–Crippen LogP) is 2.30. The van der Waals surface area contributed by atoms with E-state index in [1.807, 2.05) is 6.20 Å². The minimum atomic E-state index is 0.283. The topological polar surface area (TPSA) is 47.4 Å². The van der Waals surface area contributed by atoms with Crippen LogP contribution in [0.5, 0.6) is 0 Å². The molecule has 1 atom stereocenters. The zero-order valence-electron chi connectivity index (χ0n) is 13.0. The SMILES string of the molecule is COCc1ncc(C)n1C1CCN(C(=O)C2CCCC2)C1. The number of hydrogen-bond donors (Lipinski definition) is 0. The Morgan fingerprint density at radius 2 is 2.14 bits per heavy atom. The summed E-state index contributed by atoms with van der Waals surface area (Å²) in [6.45, 7) is 4.31. The van der Waals surface area contributed by atoms with Gasteiger partial charge in [-0.25, -0.2) is 4.98 Å². The van der Waals surface area contributed by atoms with Crippen molar-refractivity contribution in [1.82, 2.24) is 14.5 Å². The van der Waals surface area contributed by atoms with Crippen molar-refractivity contribution in [2.75, 3.05) is 20.2 Å². The lowest BCUT2D eigenvalue weighted by atomic mass is 10.1. The van der Waals surface area contributed by atoms with E-state index >= 15 is 0 Å². The quantitative estimate of drug-likeness (QED) is 0.855. The van der Waals surface area contributed by atoms with Gasteiger partial charge in [0.15, 0.2) is 0 Å². The Bertz CT molecular complexity index is 506. The number of carbonyl (C=O) groups is 1. The van der Waals surface area contributed by atoms with Gasteiger partial charge in [0.2, 0.25) is 5.91 Å². The molecule has 1 aromatic rings. The lowest BCUT2D eigenvalue weighted by molar-refractivity contribution is -0.134. The van der Waals surface area contributed by atoms with Crippen LogP contribution in [0.4, 0.5) is 0 Å². The highest BCUT2D eigenvalue weighted by molar-refractivity contribution is 5.79. The molecule has 5 heteroatoms. The maximum absolute atomic E-state index is 12.5. The van der Waals surface area contributed by atoms with Gasteiger partial charge in [-0.15, -0.1) is 0 Å². The summed E-state index contributed by atoms with van der Waals surface area (Å²) in [5, 5.41) is 0. The molecule has 2 aliphatic rings. The second kappa shape index (κ2) is 6.18. The summed E-state index contributed by atoms with van der Waals surface area (Å²) < 4.78 is 7.49. The number of aromatic nitrogens is 2. The normalized spacial score (nSPS) is 23.1. The number of amides is 1. The van der Waals surface area contributed by atoms with E-state index < -0.39 is 0 Å². The van der Waals surface area contributed by atoms with E-state index in [0.717, 1.165) is 43.9 Å². The fourth-order valence-electron chi connectivity index (χ4n) is 3.81. The molecule has 21 heavy (non-hydrogen) atoms. The van der Waals surface area contributed by atoms with E-state index in [2.05, 4.69) is 21.4 Å². The van der Waals surface area contributed by atoms with Crippen molar-refractivity contribution in [3.63, 3.8) is 0 Å². The fraction of sp³-hybridized carbons (Fsp3) is 0.750. The highest BCUT2D eigenvalue weighted by Gasteiger charge is 2.33. The largest absolute Gasteiger partial charge is 0.377 e. The first-order valence-corrected chi connectivity index (χ1v) is 8.01. The van der Waals surface area contributed by atoms with Crippen molar-refractivity contribution in [2.24, 2.45) is 5.92 Å². The molecule has 0 aromatic carbocycles. The Labute approximate surface area is 126 Å². The van der Waals surface area contributed by atoms with Crippen molar-refractivity contribution in [3.05, 3.63) is 17.7 Å². The molecule has 1 aromatic heterocycles. The molecule has 116 valence electrons. The Kier molecular flexibility index (Phi) is 4.29. The van der Waals surface area contributed by atoms with Crippen molar-refractivity contribution in [1.29, 1.82) is 0 Å². The Morgan fingerprint density at radius 1 is 1.38 bits per heavy atom. The van der Waals surface area contributed by atoms with E-state index in [4.69, 9.17) is 4.74 Å². The van der Waals surface area contributed by atoms with Crippen LogP contribution in [0.1, 0.15) is 49.7 Å². The minimum Gasteiger partial charge on any atom is -0.377 e. The molecule has 1 aliphatic carbocycles. The van der Waals surface area contributed by atoms with Gasteiger partial charge in [0, 0.05) is 38.0 Å². The maximum Gasteiger partial charge on any atom is 0.225 e. The first-order valence-electron chi connectivity index (χ1n) is 8.01. The molecule has 1 saturated carbocycles. The van der Waals surface area contributed by atoms with Crippen LogP contribution in [0.15, 0.2) is 6.20 Å². The number of aryl methyl sites for hydroxylation is 1. The van der Waals surface area contributed by atoms with Crippen LogP contribution in [0.25, 0.3) is 0 Å². The third kappa shape index (κ3) is 2.84. The number of ether oxygens (including phenoxy) is 1. The lowest BCUT2D eigenvalue weighted by Gasteiger charge is -2.22. The van der Waals surface area contributed by atoms with Crippen LogP contribution in [0.3, 0.4) is 0 Å². The van der Waals surface area contributed by atoms with Gasteiger partial charge in [-0.3, -0.25) is 4.79 Å². The second-order valence-electron chi connectivity index (χ2n) is 6.33. The van der Waals surface area contributed by atoms with Gasteiger partial charge in [-0.1, -0.05) is 12.8 Å². The first kappa shape index (κ1) is 14.6. The molecule has 0 N–H and O–H groups in total. The summed E-state index contributed by atoms with van der Waals surface area (Å²) >= 11 is 0. The van der Waals surface area contributed by atoms with Crippen molar-refractivity contribution in [2.45, 2.75) is 51.7 Å². The van der Waals surface area contributed by atoms with E-state index in [1.165, 1.54) is 12.8 Å². The summed E-state index contributed by atoms with van der Waals surface area (Å²) in [6.07, 6.45) is 7.51. The molecule has 1 unspecified atom stereocenters. The minimum absolute atomic E-state index is 0.283. The average molecular weight is 291 g/mol. The number of likely N-dealkylation sites (tertiary alicyclic amines) is 1. The van der Waals surface area contributed by atoms with Gasteiger partial charge >= 0.3 is 0 Å². The standard InChI is InChI=1S/C16H25N3O2/c1-12-9-17-15(11-21-2)19(12)14-7-8-18(10-14)16(20)13-5-3-4-6-13/h9,13-14H,3-8,10-11H2,1-2H3. The molecular weight excluding hydrogens is 266 g/mol. The van der Waals surface area contributed by atoms with Crippen LogP contribution in [0.2, 0.25) is 0 Å². The Hall–Kier alpha value is -1.36. The van der Waals surface area contributed by atoms with Crippen LogP contribution in [0, 0.1) is 12.8 Å². The number of methoxy groups -OCH3 is 1. The summed E-state index contributed by atoms with van der Waals surface area (Å²) in [7, 11) is 1.69. The monoisotopic (exact) mass is 291 g/mol. The van der Waals surface area contributed by atoms with Gasteiger partial charge in [0.1, 0.15) is 12.4 Å². The Balaban J connectivity index is 1.69. The van der Waals surface area contributed by atoms with E-state index in [0.29, 0.717) is 18.6 Å². The smallest absolute Gasteiger partial charge is 0.225 e. The van der Waals surface area contributed by atoms with Crippen LogP contribution < -0.4 is 0 Å². The molecule has 3 rings (SSSR count). The Morgan fingerprint density at radius 3 is 2.86 bits per heavy atom. The van der Waals surface area contributed by atoms with Gasteiger partial charge in [0.25, 0.3) is 0 Å². The lowest BCUT2D eigenvalue weighted by Crippen LogP contribution is -2.33. The van der Waals surface area contributed by atoms with Crippen LogP contribution in [-0.2, 0) is 16.1 Å². The van der Waals surface area contributed by atoms with Gasteiger partial charge in [-0.2, -0.15) is 0 Å².